The lowest BCUT2D eigenvalue weighted by Gasteiger charge is -2.45. The number of halogens is 4. The number of carbonyl (C=O) groups is 3. The van der Waals surface area contributed by atoms with Crippen LogP contribution >= 0.6 is 11.6 Å². The number of nitrogens with one attached hydrogen (secondary N) is 1. The Balaban J connectivity index is 1.50. The summed E-state index contributed by atoms with van der Waals surface area (Å²) in [4.78, 5) is 48.9. The van der Waals surface area contributed by atoms with Gasteiger partial charge in [-0.05, 0) is 72.9 Å². The van der Waals surface area contributed by atoms with Crippen LogP contribution in [0.2, 0.25) is 5.02 Å². The third-order valence-corrected chi connectivity index (χ3v) is 8.59. The summed E-state index contributed by atoms with van der Waals surface area (Å²) >= 11 is 6.27. The molecule has 2 atom stereocenters. The standard InChI is InChI=1S/C31H25ClF3N5O3/c32-20-4-5-24-19(13-20)8-10-31(24,29(43)38-22-15-30(34,35)16-22)40(23-3-1-2-21(33)14-23)28(42)25-6-7-27(41)39(25)26-12-18(17-36)9-11-37-26/h1-5,9,11-14,22,25H,6-8,10,15-16H2,(H,38,43)/t25-,31+/m0/s1. The van der Waals surface area contributed by atoms with Crippen LogP contribution in [0.5, 0.6) is 0 Å². The monoisotopic (exact) mass is 607 g/mol. The Morgan fingerprint density at radius 3 is 2.63 bits per heavy atom. The Hall–Kier alpha value is -4.43. The predicted octanol–water partition coefficient (Wildman–Crippen LogP) is 5.03. The van der Waals surface area contributed by atoms with Crippen molar-refractivity contribution in [1.29, 1.82) is 5.26 Å². The summed E-state index contributed by atoms with van der Waals surface area (Å²) < 4.78 is 42.2. The summed E-state index contributed by atoms with van der Waals surface area (Å²) in [5, 5.41) is 12.5. The second-order valence-corrected chi connectivity index (χ2v) is 11.5. The number of fused-ring (bicyclic) bond motifs is 1. The Kier molecular flexibility index (Phi) is 7.13. The zero-order valence-corrected chi connectivity index (χ0v) is 23.5. The number of aromatic nitrogens is 1. The van der Waals surface area contributed by atoms with E-state index in [1.165, 1.54) is 46.3 Å². The molecule has 3 amide bonds. The first-order chi connectivity index (χ1) is 20.5. The number of rotatable bonds is 6. The van der Waals surface area contributed by atoms with Gasteiger partial charge < -0.3 is 5.32 Å². The molecule has 1 saturated heterocycles. The average molecular weight is 608 g/mol. The van der Waals surface area contributed by atoms with E-state index in [0.29, 0.717) is 22.6 Å². The minimum atomic E-state index is -2.90. The van der Waals surface area contributed by atoms with Crippen molar-refractivity contribution in [2.24, 2.45) is 0 Å². The van der Waals surface area contributed by atoms with Crippen LogP contribution in [0.3, 0.4) is 0 Å². The maximum atomic E-state index is 14.8. The zero-order valence-electron chi connectivity index (χ0n) is 22.7. The predicted molar refractivity (Wildman–Crippen MR) is 151 cm³/mol. The molecule has 0 bridgehead atoms. The molecule has 1 aromatic heterocycles. The van der Waals surface area contributed by atoms with Gasteiger partial charge in [-0.1, -0.05) is 23.7 Å². The third-order valence-electron chi connectivity index (χ3n) is 8.36. The fourth-order valence-corrected chi connectivity index (χ4v) is 6.58. The maximum absolute atomic E-state index is 14.8. The molecule has 0 radical (unpaired) electrons. The number of anilines is 2. The lowest BCUT2D eigenvalue weighted by atomic mass is 9.83. The molecule has 6 rings (SSSR count). The van der Waals surface area contributed by atoms with Crippen molar-refractivity contribution >= 4 is 40.8 Å². The van der Waals surface area contributed by atoms with E-state index in [-0.39, 0.29) is 36.3 Å². The third kappa shape index (κ3) is 4.99. The molecule has 0 spiro atoms. The average Bonchev–Trinajstić information content (AvgIpc) is 3.53. The molecular formula is C31H25ClF3N5O3. The second-order valence-electron chi connectivity index (χ2n) is 11.1. The summed E-state index contributed by atoms with van der Waals surface area (Å²) in [6.07, 6.45) is 0.719. The van der Waals surface area contributed by atoms with Gasteiger partial charge in [-0.15, -0.1) is 0 Å². The smallest absolute Gasteiger partial charge is 0.252 e. The minimum absolute atomic E-state index is 0.00555. The van der Waals surface area contributed by atoms with Crippen LogP contribution < -0.4 is 15.1 Å². The lowest BCUT2D eigenvalue weighted by molar-refractivity contribution is -0.137. The van der Waals surface area contributed by atoms with Gasteiger partial charge in [0.2, 0.25) is 5.91 Å². The first-order valence-electron chi connectivity index (χ1n) is 13.8. The highest BCUT2D eigenvalue weighted by molar-refractivity contribution is 6.30. The molecule has 8 nitrogen and oxygen atoms in total. The van der Waals surface area contributed by atoms with E-state index in [2.05, 4.69) is 10.3 Å². The molecule has 3 aromatic rings. The van der Waals surface area contributed by atoms with Gasteiger partial charge >= 0.3 is 0 Å². The van der Waals surface area contributed by atoms with E-state index in [9.17, 15) is 32.8 Å². The Morgan fingerprint density at radius 1 is 1.12 bits per heavy atom. The summed E-state index contributed by atoms with van der Waals surface area (Å²) in [7, 11) is 0. The van der Waals surface area contributed by atoms with Gasteiger partial charge in [0, 0.05) is 42.2 Å². The number of pyridine rings is 1. The van der Waals surface area contributed by atoms with Crippen molar-refractivity contribution in [3.8, 4) is 6.07 Å². The Labute approximate surface area is 250 Å². The number of amides is 3. The van der Waals surface area contributed by atoms with Crippen LogP contribution in [0, 0.1) is 17.1 Å². The van der Waals surface area contributed by atoms with Crippen LogP contribution in [0.4, 0.5) is 24.7 Å². The quantitative estimate of drug-likeness (QED) is 0.423. The highest BCUT2D eigenvalue weighted by atomic mass is 35.5. The van der Waals surface area contributed by atoms with Crippen molar-refractivity contribution in [2.45, 2.75) is 62.1 Å². The molecule has 3 aliphatic rings. The first-order valence-corrected chi connectivity index (χ1v) is 14.2. The molecule has 0 unspecified atom stereocenters. The molecule has 2 aromatic carbocycles. The molecule has 2 heterocycles. The molecule has 220 valence electrons. The molecular weight excluding hydrogens is 583 g/mol. The van der Waals surface area contributed by atoms with Gasteiger partial charge in [-0.3, -0.25) is 24.2 Å². The van der Waals surface area contributed by atoms with E-state index in [1.54, 1.807) is 18.2 Å². The van der Waals surface area contributed by atoms with E-state index in [0.717, 1.165) is 6.07 Å². The van der Waals surface area contributed by atoms with Gasteiger partial charge in [-0.25, -0.2) is 18.2 Å². The molecule has 43 heavy (non-hydrogen) atoms. The highest BCUT2D eigenvalue weighted by Gasteiger charge is 2.57. The number of nitrogens with zero attached hydrogens (tertiary/aromatic N) is 4. The summed E-state index contributed by atoms with van der Waals surface area (Å²) in [6, 6.07) is 12.9. The van der Waals surface area contributed by atoms with Gasteiger partial charge in [0.1, 0.15) is 17.7 Å². The molecule has 1 saturated carbocycles. The van der Waals surface area contributed by atoms with Gasteiger partial charge in [-0.2, -0.15) is 5.26 Å². The number of hydrogen-bond donors (Lipinski definition) is 1. The fraction of sp³-hybridized carbons (Fsp3) is 0.323. The number of nitriles is 1. The highest BCUT2D eigenvalue weighted by Crippen LogP contribution is 2.47. The van der Waals surface area contributed by atoms with E-state index >= 15 is 0 Å². The van der Waals surface area contributed by atoms with Crippen LogP contribution in [-0.4, -0.2) is 40.7 Å². The zero-order chi connectivity index (χ0) is 30.5. The molecule has 1 N–H and O–H groups in total. The minimum Gasteiger partial charge on any atom is -0.351 e. The molecule has 1 aliphatic heterocycles. The van der Waals surface area contributed by atoms with Gasteiger partial charge in [0.05, 0.1) is 11.6 Å². The summed E-state index contributed by atoms with van der Waals surface area (Å²) in [5.74, 6) is -5.26. The maximum Gasteiger partial charge on any atom is 0.252 e. The molecule has 2 fully saturated rings. The topological polar surface area (TPSA) is 106 Å². The van der Waals surface area contributed by atoms with Crippen molar-refractivity contribution < 1.29 is 27.6 Å². The Morgan fingerprint density at radius 2 is 1.91 bits per heavy atom. The summed E-state index contributed by atoms with van der Waals surface area (Å²) in [6.45, 7) is 0. The van der Waals surface area contributed by atoms with Crippen LogP contribution in [0.1, 0.15) is 48.8 Å². The fourth-order valence-electron chi connectivity index (χ4n) is 6.39. The lowest BCUT2D eigenvalue weighted by Crippen LogP contribution is -2.64. The van der Waals surface area contributed by atoms with Crippen molar-refractivity contribution in [2.75, 3.05) is 9.80 Å². The number of hydrogen-bond acceptors (Lipinski definition) is 5. The van der Waals surface area contributed by atoms with Gasteiger partial charge in [0.25, 0.3) is 17.7 Å². The van der Waals surface area contributed by atoms with Crippen molar-refractivity contribution in [3.63, 3.8) is 0 Å². The van der Waals surface area contributed by atoms with Crippen LogP contribution in [0.15, 0.2) is 60.8 Å². The van der Waals surface area contributed by atoms with E-state index in [4.69, 9.17) is 11.6 Å². The molecule has 12 heteroatoms. The van der Waals surface area contributed by atoms with E-state index < -0.39 is 59.9 Å². The van der Waals surface area contributed by atoms with Gasteiger partial charge in [0.15, 0.2) is 5.54 Å². The van der Waals surface area contributed by atoms with Crippen molar-refractivity contribution in [1.82, 2.24) is 10.3 Å². The first kappa shape index (κ1) is 28.7. The molecule has 2 aliphatic carbocycles. The Bertz CT molecular complexity index is 1690. The van der Waals surface area contributed by atoms with Crippen LogP contribution in [0.25, 0.3) is 0 Å². The second kappa shape index (κ2) is 10.7. The van der Waals surface area contributed by atoms with Crippen LogP contribution in [-0.2, 0) is 26.3 Å². The largest absolute Gasteiger partial charge is 0.351 e. The van der Waals surface area contributed by atoms with E-state index in [1.807, 2.05) is 6.07 Å². The normalized spacial score (nSPS) is 22.4. The summed E-state index contributed by atoms with van der Waals surface area (Å²) in [5.41, 5.74) is -0.376. The number of aryl methyl sites for hydroxylation is 1. The number of benzene rings is 2. The SMILES string of the molecule is N#Cc1ccnc(N2C(=O)CC[C@H]2C(=O)N(c2cccc(F)c2)[C@]2(C(=O)NC3CC(F)(F)C3)CCc3cc(Cl)ccc32)c1. The number of carbonyl (C=O) groups excluding carboxylic acids is 3. The number of alkyl halides is 2. The van der Waals surface area contributed by atoms with Crippen molar-refractivity contribution in [3.05, 3.63) is 88.3 Å².